The summed E-state index contributed by atoms with van der Waals surface area (Å²) in [5, 5.41) is 4.27. The molecule has 0 saturated heterocycles. The minimum absolute atomic E-state index is 0.604. The fourth-order valence-corrected chi connectivity index (χ4v) is 0.472. The number of carbonyl (C=O) groups is 1. The molecule has 0 saturated carbocycles. The normalized spacial score (nSPS) is 14.1. The summed E-state index contributed by atoms with van der Waals surface area (Å²) >= 11 is 0. The molecular formula is C6H11F3N2O. The van der Waals surface area contributed by atoms with Crippen molar-refractivity contribution in [3.8, 4) is 0 Å². The molecule has 0 aromatic heterocycles. The van der Waals surface area contributed by atoms with Crippen molar-refractivity contribution in [2.24, 2.45) is 0 Å². The molecule has 0 fully saturated rings. The number of likely N-dealkylation sites (N-methyl/N-ethyl adjacent to an activating group) is 1. The van der Waals surface area contributed by atoms with Gasteiger partial charge in [-0.05, 0) is 14.0 Å². The van der Waals surface area contributed by atoms with Crippen LogP contribution in [0.15, 0.2) is 0 Å². The van der Waals surface area contributed by atoms with Crippen LogP contribution in [-0.2, 0) is 4.79 Å². The predicted octanol–water partition coefficient (Wildman–Crippen LogP) is 0.273. The van der Waals surface area contributed by atoms with Gasteiger partial charge in [0.2, 0.25) is 5.91 Å². The van der Waals surface area contributed by atoms with Gasteiger partial charge >= 0.3 is 6.18 Å². The molecule has 1 amide bonds. The van der Waals surface area contributed by atoms with Gasteiger partial charge in [-0.3, -0.25) is 4.79 Å². The van der Waals surface area contributed by atoms with Crippen LogP contribution in [0.4, 0.5) is 13.2 Å². The van der Waals surface area contributed by atoms with Crippen LogP contribution < -0.4 is 10.6 Å². The van der Waals surface area contributed by atoms with Gasteiger partial charge in [0.15, 0.2) is 0 Å². The predicted molar refractivity (Wildman–Crippen MR) is 37.6 cm³/mol. The Morgan fingerprint density at radius 3 is 2.33 bits per heavy atom. The Bertz CT molecular complexity index is 157. The molecule has 0 aromatic carbocycles. The largest absolute Gasteiger partial charge is 0.405 e. The van der Waals surface area contributed by atoms with Crippen molar-refractivity contribution in [2.45, 2.75) is 19.1 Å². The molecule has 2 N–H and O–H groups in total. The zero-order valence-corrected chi connectivity index (χ0v) is 6.83. The average molecular weight is 184 g/mol. The summed E-state index contributed by atoms with van der Waals surface area (Å²) < 4.78 is 34.6. The van der Waals surface area contributed by atoms with E-state index < -0.39 is 24.7 Å². The van der Waals surface area contributed by atoms with E-state index in [0.717, 1.165) is 0 Å². The Balaban J connectivity index is 3.72. The maximum Gasteiger partial charge on any atom is 0.405 e. The van der Waals surface area contributed by atoms with Gasteiger partial charge in [0, 0.05) is 0 Å². The van der Waals surface area contributed by atoms with Gasteiger partial charge in [-0.1, -0.05) is 0 Å². The highest BCUT2D eigenvalue weighted by Crippen LogP contribution is 2.11. The van der Waals surface area contributed by atoms with Crippen molar-refractivity contribution in [1.29, 1.82) is 0 Å². The van der Waals surface area contributed by atoms with E-state index in [1.54, 1.807) is 5.32 Å². The third kappa shape index (κ3) is 4.95. The Morgan fingerprint density at radius 2 is 2.00 bits per heavy atom. The van der Waals surface area contributed by atoms with Gasteiger partial charge < -0.3 is 10.6 Å². The second-order valence-electron chi connectivity index (χ2n) is 2.34. The van der Waals surface area contributed by atoms with Crippen LogP contribution in [0.5, 0.6) is 0 Å². The van der Waals surface area contributed by atoms with E-state index >= 15 is 0 Å². The van der Waals surface area contributed by atoms with Crippen LogP contribution in [-0.4, -0.2) is 31.7 Å². The lowest BCUT2D eigenvalue weighted by Gasteiger charge is -2.12. The minimum Gasteiger partial charge on any atom is -0.346 e. The van der Waals surface area contributed by atoms with E-state index in [0.29, 0.717) is 0 Å². The highest BCUT2D eigenvalue weighted by atomic mass is 19.4. The fourth-order valence-electron chi connectivity index (χ4n) is 0.472. The lowest BCUT2D eigenvalue weighted by Crippen LogP contribution is -2.43. The van der Waals surface area contributed by atoms with Crippen molar-refractivity contribution in [2.75, 3.05) is 13.6 Å². The number of nitrogens with one attached hydrogen (secondary N) is 2. The summed E-state index contributed by atoms with van der Waals surface area (Å²) in [6.07, 6.45) is -4.34. The van der Waals surface area contributed by atoms with Crippen molar-refractivity contribution in [3.05, 3.63) is 0 Å². The van der Waals surface area contributed by atoms with Crippen LogP contribution in [0.2, 0.25) is 0 Å². The van der Waals surface area contributed by atoms with E-state index in [2.05, 4.69) is 5.32 Å². The maximum atomic E-state index is 11.5. The molecule has 0 heterocycles. The number of alkyl halides is 3. The minimum atomic E-state index is -4.34. The zero-order chi connectivity index (χ0) is 9.78. The lowest BCUT2D eigenvalue weighted by molar-refractivity contribution is -0.139. The smallest absolute Gasteiger partial charge is 0.346 e. The van der Waals surface area contributed by atoms with Crippen LogP contribution >= 0.6 is 0 Å². The summed E-state index contributed by atoms with van der Waals surface area (Å²) in [4.78, 5) is 10.7. The molecule has 0 aliphatic carbocycles. The molecule has 6 heteroatoms. The Labute approximate surface area is 68.3 Å². The third-order valence-electron chi connectivity index (χ3n) is 1.29. The van der Waals surface area contributed by atoms with Gasteiger partial charge in [-0.15, -0.1) is 0 Å². The quantitative estimate of drug-likeness (QED) is 0.661. The van der Waals surface area contributed by atoms with Crippen LogP contribution in [0, 0.1) is 0 Å². The molecule has 0 aromatic rings. The van der Waals surface area contributed by atoms with Crippen molar-refractivity contribution in [1.82, 2.24) is 10.6 Å². The van der Waals surface area contributed by atoms with E-state index in [1.807, 2.05) is 0 Å². The van der Waals surface area contributed by atoms with Crippen LogP contribution in [0.25, 0.3) is 0 Å². The second-order valence-corrected chi connectivity index (χ2v) is 2.34. The Hall–Kier alpha value is -0.780. The zero-order valence-electron chi connectivity index (χ0n) is 6.83. The highest BCUT2D eigenvalue weighted by Gasteiger charge is 2.28. The summed E-state index contributed by atoms with van der Waals surface area (Å²) in [6, 6.07) is -0.604. The van der Waals surface area contributed by atoms with E-state index in [9.17, 15) is 18.0 Å². The average Bonchev–Trinajstić information content (AvgIpc) is 1.97. The van der Waals surface area contributed by atoms with Gasteiger partial charge in [-0.2, -0.15) is 13.2 Å². The number of hydrogen-bond donors (Lipinski definition) is 2. The summed E-state index contributed by atoms with van der Waals surface area (Å²) in [5.74, 6) is -0.658. The molecule has 0 radical (unpaired) electrons. The Kier molecular flexibility index (Phi) is 4.02. The van der Waals surface area contributed by atoms with Gasteiger partial charge in [0.05, 0.1) is 6.04 Å². The second kappa shape index (κ2) is 4.30. The molecule has 0 rings (SSSR count). The topological polar surface area (TPSA) is 41.1 Å². The first-order chi connectivity index (χ1) is 5.37. The third-order valence-corrected chi connectivity index (χ3v) is 1.29. The first-order valence-corrected chi connectivity index (χ1v) is 3.38. The van der Waals surface area contributed by atoms with Crippen LogP contribution in [0.1, 0.15) is 6.92 Å². The van der Waals surface area contributed by atoms with Crippen LogP contribution in [0.3, 0.4) is 0 Å². The number of halogens is 3. The fraction of sp³-hybridized carbons (Fsp3) is 0.833. The highest BCUT2D eigenvalue weighted by molar-refractivity contribution is 5.81. The molecule has 12 heavy (non-hydrogen) atoms. The van der Waals surface area contributed by atoms with Gasteiger partial charge in [-0.25, -0.2) is 0 Å². The molecule has 3 nitrogen and oxygen atoms in total. The maximum absolute atomic E-state index is 11.5. The summed E-state index contributed by atoms with van der Waals surface area (Å²) in [5.41, 5.74) is 0. The van der Waals surface area contributed by atoms with E-state index in [-0.39, 0.29) is 0 Å². The number of rotatable bonds is 3. The SMILES string of the molecule is CNC(C)C(=O)NCC(F)(F)F. The number of carbonyl (C=O) groups excluding carboxylic acids is 1. The summed E-state index contributed by atoms with van der Waals surface area (Å²) in [6.45, 7) is 0.198. The molecule has 0 aliphatic heterocycles. The van der Waals surface area contributed by atoms with Crippen molar-refractivity contribution < 1.29 is 18.0 Å². The molecule has 0 spiro atoms. The van der Waals surface area contributed by atoms with Crippen molar-refractivity contribution in [3.63, 3.8) is 0 Å². The summed E-state index contributed by atoms with van der Waals surface area (Å²) in [7, 11) is 1.50. The molecule has 1 atom stereocenters. The molecule has 1 unspecified atom stereocenters. The van der Waals surface area contributed by atoms with E-state index in [4.69, 9.17) is 0 Å². The Morgan fingerprint density at radius 1 is 1.50 bits per heavy atom. The van der Waals surface area contributed by atoms with E-state index in [1.165, 1.54) is 14.0 Å². The van der Waals surface area contributed by atoms with Gasteiger partial charge in [0.25, 0.3) is 0 Å². The molecular weight excluding hydrogens is 173 g/mol. The lowest BCUT2D eigenvalue weighted by atomic mass is 10.3. The molecule has 0 bridgehead atoms. The first-order valence-electron chi connectivity index (χ1n) is 3.38. The number of hydrogen-bond acceptors (Lipinski definition) is 2. The van der Waals surface area contributed by atoms with Gasteiger partial charge in [0.1, 0.15) is 6.54 Å². The monoisotopic (exact) mass is 184 g/mol. The molecule has 72 valence electrons. The van der Waals surface area contributed by atoms with Crippen molar-refractivity contribution >= 4 is 5.91 Å². The number of amides is 1. The first kappa shape index (κ1) is 11.2. The molecule has 0 aliphatic rings. The standard InChI is InChI=1S/C6H11F3N2O/c1-4(10-2)5(12)11-3-6(7,8)9/h4,10H,3H2,1-2H3,(H,11,12).